The molecule has 4 heteroatoms. The third kappa shape index (κ3) is 2.74. The van der Waals surface area contributed by atoms with Gasteiger partial charge in [0.25, 0.3) is 5.91 Å². The number of nitrogens with zero attached hydrogens (tertiary/aromatic N) is 1. The summed E-state index contributed by atoms with van der Waals surface area (Å²) in [5.74, 6) is 0.0690. The zero-order valence-corrected chi connectivity index (χ0v) is 10.9. The second kappa shape index (κ2) is 5.15. The molecule has 1 saturated heterocycles. The van der Waals surface area contributed by atoms with Crippen molar-refractivity contribution in [2.75, 3.05) is 20.2 Å². The van der Waals surface area contributed by atoms with Crippen molar-refractivity contribution in [1.29, 1.82) is 0 Å². The highest BCUT2D eigenvalue weighted by Gasteiger charge is 2.37. The molecule has 0 saturated carbocycles. The van der Waals surface area contributed by atoms with E-state index in [0.29, 0.717) is 19.5 Å². The first-order chi connectivity index (χ1) is 7.42. The Hall–Kier alpha value is -0.610. The summed E-state index contributed by atoms with van der Waals surface area (Å²) in [6.45, 7) is 9.11. The first kappa shape index (κ1) is 13.5. The third-order valence-corrected chi connectivity index (χ3v) is 3.28. The van der Waals surface area contributed by atoms with Crippen molar-refractivity contribution in [3.05, 3.63) is 0 Å². The number of amides is 1. The van der Waals surface area contributed by atoms with E-state index in [0.717, 1.165) is 0 Å². The number of morpholine rings is 1. The van der Waals surface area contributed by atoms with Crippen LogP contribution in [0.4, 0.5) is 0 Å². The first-order valence-corrected chi connectivity index (χ1v) is 5.93. The Balaban J connectivity index is 2.73. The van der Waals surface area contributed by atoms with Crippen LogP contribution in [0.2, 0.25) is 0 Å². The second-order valence-corrected chi connectivity index (χ2v) is 4.76. The Morgan fingerprint density at radius 3 is 2.31 bits per heavy atom. The maximum atomic E-state index is 12.3. The van der Waals surface area contributed by atoms with Gasteiger partial charge < -0.3 is 14.4 Å². The molecule has 1 amide bonds. The van der Waals surface area contributed by atoms with E-state index in [-0.39, 0.29) is 18.1 Å². The van der Waals surface area contributed by atoms with Crippen LogP contribution in [0.15, 0.2) is 0 Å². The summed E-state index contributed by atoms with van der Waals surface area (Å²) in [6.07, 6.45) is 0.888. The fourth-order valence-corrected chi connectivity index (χ4v) is 2.06. The molecule has 0 aliphatic carbocycles. The van der Waals surface area contributed by atoms with Gasteiger partial charge in [-0.3, -0.25) is 4.79 Å². The number of carbonyl (C=O) groups excluding carboxylic acids is 1. The number of methoxy groups -OCH3 is 1. The number of hydrogen-bond acceptors (Lipinski definition) is 3. The summed E-state index contributed by atoms with van der Waals surface area (Å²) in [4.78, 5) is 14.2. The Kier molecular flexibility index (Phi) is 4.33. The highest BCUT2D eigenvalue weighted by atomic mass is 16.5. The van der Waals surface area contributed by atoms with E-state index in [2.05, 4.69) is 0 Å². The lowest BCUT2D eigenvalue weighted by atomic mass is 10.0. The molecule has 1 heterocycles. The van der Waals surface area contributed by atoms with Gasteiger partial charge in [0, 0.05) is 20.2 Å². The molecule has 0 bridgehead atoms. The van der Waals surface area contributed by atoms with Crippen LogP contribution < -0.4 is 0 Å². The topological polar surface area (TPSA) is 38.8 Å². The zero-order chi connectivity index (χ0) is 12.3. The van der Waals surface area contributed by atoms with Gasteiger partial charge >= 0.3 is 0 Å². The quantitative estimate of drug-likeness (QED) is 0.735. The molecule has 0 aromatic heterocycles. The van der Waals surface area contributed by atoms with Crippen molar-refractivity contribution in [3.8, 4) is 0 Å². The van der Waals surface area contributed by atoms with E-state index < -0.39 is 5.60 Å². The Morgan fingerprint density at radius 1 is 1.44 bits per heavy atom. The second-order valence-electron chi connectivity index (χ2n) is 4.76. The number of carbonyl (C=O) groups is 1. The average Bonchev–Trinajstić information content (AvgIpc) is 2.25. The molecule has 3 atom stereocenters. The smallest absolute Gasteiger partial charge is 0.254 e. The standard InChI is InChI=1S/C12H23NO3/c1-6-12(4,15-5)11(14)13-7-9(2)16-10(3)8-13/h9-10H,6-8H2,1-5H3. The van der Waals surface area contributed by atoms with Gasteiger partial charge in [0.1, 0.15) is 5.60 Å². The highest BCUT2D eigenvalue weighted by Crippen LogP contribution is 2.21. The predicted octanol–water partition coefficient (Wildman–Crippen LogP) is 1.44. The van der Waals surface area contributed by atoms with Crippen molar-refractivity contribution < 1.29 is 14.3 Å². The highest BCUT2D eigenvalue weighted by molar-refractivity contribution is 5.85. The molecule has 1 aliphatic rings. The minimum Gasteiger partial charge on any atom is -0.372 e. The molecule has 16 heavy (non-hydrogen) atoms. The number of hydrogen-bond donors (Lipinski definition) is 0. The normalized spacial score (nSPS) is 29.9. The van der Waals surface area contributed by atoms with Gasteiger partial charge in [-0.25, -0.2) is 0 Å². The maximum Gasteiger partial charge on any atom is 0.254 e. The van der Waals surface area contributed by atoms with Crippen LogP contribution in [0.5, 0.6) is 0 Å². The fraction of sp³-hybridized carbons (Fsp3) is 0.917. The maximum absolute atomic E-state index is 12.3. The molecular weight excluding hydrogens is 206 g/mol. The average molecular weight is 229 g/mol. The summed E-state index contributed by atoms with van der Waals surface area (Å²) < 4.78 is 11.0. The van der Waals surface area contributed by atoms with Crippen molar-refractivity contribution in [3.63, 3.8) is 0 Å². The van der Waals surface area contributed by atoms with Gasteiger partial charge in [-0.2, -0.15) is 0 Å². The van der Waals surface area contributed by atoms with Crippen molar-refractivity contribution in [2.45, 2.75) is 51.9 Å². The van der Waals surface area contributed by atoms with E-state index in [1.54, 1.807) is 7.11 Å². The zero-order valence-electron chi connectivity index (χ0n) is 10.9. The Morgan fingerprint density at radius 2 is 1.94 bits per heavy atom. The number of rotatable bonds is 3. The molecular formula is C12H23NO3. The van der Waals surface area contributed by atoms with E-state index in [4.69, 9.17) is 9.47 Å². The van der Waals surface area contributed by atoms with Gasteiger partial charge in [0.2, 0.25) is 0 Å². The molecule has 3 unspecified atom stereocenters. The van der Waals surface area contributed by atoms with Crippen molar-refractivity contribution in [2.24, 2.45) is 0 Å². The SMILES string of the molecule is CCC(C)(OC)C(=O)N1CC(C)OC(C)C1. The largest absolute Gasteiger partial charge is 0.372 e. The molecule has 1 fully saturated rings. The summed E-state index contributed by atoms with van der Waals surface area (Å²) >= 11 is 0. The van der Waals surface area contributed by atoms with Crippen molar-refractivity contribution >= 4 is 5.91 Å². The fourth-order valence-electron chi connectivity index (χ4n) is 2.06. The Labute approximate surface area is 97.9 Å². The summed E-state index contributed by atoms with van der Waals surface area (Å²) in [6, 6.07) is 0. The predicted molar refractivity (Wildman–Crippen MR) is 62.3 cm³/mol. The lowest BCUT2D eigenvalue weighted by Crippen LogP contribution is -2.55. The van der Waals surface area contributed by atoms with E-state index in [1.165, 1.54) is 0 Å². The number of ether oxygens (including phenoxy) is 2. The molecule has 0 aromatic rings. The molecule has 0 aromatic carbocycles. The van der Waals surface area contributed by atoms with Crippen LogP contribution >= 0.6 is 0 Å². The lowest BCUT2D eigenvalue weighted by molar-refractivity contribution is -0.164. The molecule has 1 rings (SSSR count). The van der Waals surface area contributed by atoms with Gasteiger partial charge in [-0.05, 0) is 27.2 Å². The minimum absolute atomic E-state index is 0.0690. The third-order valence-electron chi connectivity index (χ3n) is 3.28. The van der Waals surface area contributed by atoms with E-state index in [1.807, 2.05) is 32.6 Å². The van der Waals surface area contributed by atoms with Gasteiger partial charge in [0.05, 0.1) is 12.2 Å². The molecule has 0 spiro atoms. The summed E-state index contributed by atoms with van der Waals surface area (Å²) in [7, 11) is 1.59. The van der Waals surface area contributed by atoms with Gasteiger partial charge in [-0.1, -0.05) is 6.92 Å². The first-order valence-electron chi connectivity index (χ1n) is 5.93. The van der Waals surface area contributed by atoms with Gasteiger partial charge in [-0.15, -0.1) is 0 Å². The molecule has 0 radical (unpaired) electrons. The lowest BCUT2D eigenvalue weighted by Gasteiger charge is -2.39. The van der Waals surface area contributed by atoms with Crippen LogP contribution in [0.25, 0.3) is 0 Å². The van der Waals surface area contributed by atoms with Gasteiger partial charge in [0.15, 0.2) is 0 Å². The molecule has 94 valence electrons. The van der Waals surface area contributed by atoms with Crippen molar-refractivity contribution in [1.82, 2.24) is 4.90 Å². The van der Waals surface area contributed by atoms with E-state index in [9.17, 15) is 4.79 Å². The monoisotopic (exact) mass is 229 g/mol. The van der Waals surface area contributed by atoms with Crippen LogP contribution in [0.1, 0.15) is 34.1 Å². The summed E-state index contributed by atoms with van der Waals surface area (Å²) in [5.41, 5.74) is -0.698. The molecule has 1 aliphatic heterocycles. The summed E-state index contributed by atoms with van der Waals surface area (Å²) in [5, 5.41) is 0. The van der Waals surface area contributed by atoms with Crippen LogP contribution in [0, 0.1) is 0 Å². The van der Waals surface area contributed by atoms with Crippen LogP contribution in [0.3, 0.4) is 0 Å². The minimum atomic E-state index is -0.698. The van der Waals surface area contributed by atoms with E-state index >= 15 is 0 Å². The van der Waals surface area contributed by atoms with Crippen LogP contribution in [-0.2, 0) is 14.3 Å². The Bertz CT molecular complexity index is 241. The van der Waals surface area contributed by atoms with Crippen LogP contribution in [-0.4, -0.2) is 48.8 Å². The molecule has 4 nitrogen and oxygen atoms in total. The molecule has 0 N–H and O–H groups in total.